The Bertz CT molecular complexity index is 1390. The highest BCUT2D eigenvalue weighted by molar-refractivity contribution is 6.30. The molecule has 5 rings (SSSR count). The van der Waals surface area contributed by atoms with Crippen LogP contribution in [0.5, 0.6) is 0 Å². The molecule has 3 aromatic rings. The molecule has 0 atom stereocenters. The van der Waals surface area contributed by atoms with Gasteiger partial charge in [-0.3, -0.25) is 14.4 Å². The maximum Gasteiger partial charge on any atom is 0.287 e. The highest BCUT2D eigenvalue weighted by atomic mass is 35.5. The van der Waals surface area contributed by atoms with Gasteiger partial charge in [-0.25, -0.2) is 9.97 Å². The SMILES string of the molecule is CC(C)N1CCC(NC(=O)c2nc3c(C(=O)N4CCCOCC4)cccc3n2CC(=O)Nc2ccc(Cl)cn2)CC1. The first kappa shape index (κ1) is 29.0. The summed E-state index contributed by atoms with van der Waals surface area (Å²) >= 11 is 5.92. The van der Waals surface area contributed by atoms with Gasteiger partial charge < -0.3 is 29.7 Å². The maximum atomic E-state index is 13.6. The number of halogens is 1. The van der Waals surface area contributed by atoms with Crippen molar-refractivity contribution in [3.8, 4) is 0 Å². The zero-order valence-corrected chi connectivity index (χ0v) is 24.2. The van der Waals surface area contributed by atoms with Gasteiger partial charge in [-0.05, 0) is 57.4 Å². The molecule has 218 valence electrons. The highest BCUT2D eigenvalue weighted by Gasteiger charge is 2.28. The number of ether oxygens (including phenoxy) is 1. The first-order valence-corrected chi connectivity index (χ1v) is 14.5. The minimum absolute atomic E-state index is 0.00365. The molecule has 2 N–H and O–H groups in total. The third kappa shape index (κ3) is 6.86. The Morgan fingerprint density at radius 3 is 2.61 bits per heavy atom. The third-order valence-electron chi connectivity index (χ3n) is 7.61. The number of hydrogen-bond acceptors (Lipinski definition) is 7. The minimum atomic E-state index is -0.389. The van der Waals surface area contributed by atoms with Crippen molar-refractivity contribution in [2.24, 2.45) is 0 Å². The molecular formula is C29H36ClN7O4. The number of para-hydroxylation sites is 1. The summed E-state index contributed by atoms with van der Waals surface area (Å²) in [4.78, 5) is 53.3. The van der Waals surface area contributed by atoms with E-state index in [1.165, 1.54) is 6.20 Å². The number of hydrogen-bond donors (Lipinski definition) is 2. The summed E-state index contributed by atoms with van der Waals surface area (Å²) in [5.74, 6) is -0.507. The van der Waals surface area contributed by atoms with E-state index in [2.05, 4.69) is 39.3 Å². The molecule has 41 heavy (non-hydrogen) atoms. The van der Waals surface area contributed by atoms with E-state index >= 15 is 0 Å². The number of piperidine rings is 1. The van der Waals surface area contributed by atoms with Crippen molar-refractivity contribution < 1.29 is 19.1 Å². The van der Waals surface area contributed by atoms with Crippen LogP contribution in [0.25, 0.3) is 11.0 Å². The predicted octanol–water partition coefficient (Wildman–Crippen LogP) is 3.19. The second-order valence-corrected chi connectivity index (χ2v) is 11.2. The number of benzene rings is 1. The van der Waals surface area contributed by atoms with Crippen LogP contribution in [0.2, 0.25) is 5.02 Å². The summed E-state index contributed by atoms with van der Waals surface area (Å²) in [7, 11) is 0. The van der Waals surface area contributed by atoms with E-state index in [0.717, 1.165) is 32.4 Å². The van der Waals surface area contributed by atoms with E-state index in [-0.39, 0.29) is 36.1 Å². The molecule has 12 heteroatoms. The zero-order chi connectivity index (χ0) is 28.9. The molecule has 4 heterocycles. The van der Waals surface area contributed by atoms with Crippen LogP contribution in [-0.2, 0) is 16.1 Å². The fourth-order valence-corrected chi connectivity index (χ4v) is 5.47. The molecule has 0 aliphatic carbocycles. The number of amides is 3. The standard InChI is InChI=1S/C29H36ClN7O4/c1-19(2)35-12-9-21(10-13-35)32-28(39)27-34-26-22(29(40)36-11-4-15-41-16-14-36)5-3-6-23(26)37(27)18-25(38)33-24-8-7-20(30)17-31-24/h3,5-8,17,19,21H,4,9-16,18H2,1-2H3,(H,32,39)(H,31,33,38). The number of pyridine rings is 1. The van der Waals surface area contributed by atoms with Gasteiger partial charge in [0.25, 0.3) is 11.8 Å². The molecule has 0 bridgehead atoms. The molecule has 2 fully saturated rings. The van der Waals surface area contributed by atoms with Crippen LogP contribution in [0.4, 0.5) is 5.82 Å². The predicted molar refractivity (Wildman–Crippen MR) is 156 cm³/mol. The zero-order valence-electron chi connectivity index (χ0n) is 23.4. The van der Waals surface area contributed by atoms with Crippen LogP contribution in [-0.4, -0.2) is 93.5 Å². The Morgan fingerprint density at radius 1 is 1.07 bits per heavy atom. The van der Waals surface area contributed by atoms with E-state index in [4.69, 9.17) is 16.3 Å². The van der Waals surface area contributed by atoms with Crippen molar-refractivity contribution in [2.45, 2.75) is 51.7 Å². The normalized spacial score (nSPS) is 17.0. The van der Waals surface area contributed by atoms with E-state index in [1.54, 1.807) is 39.8 Å². The first-order valence-electron chi connectivity index (χ1n) is 14.1. The fraction of sp³-hybridized carbons (Fsp3) is 0.483. The van der Waals surface area contributed by atoms with Gasteiger partial charge >= 0.3 is 0 Å². The van der Waals surface area contributed by atoms with Crippen molar-refractivity contribution >= 4 is 46.2 Å². The Labute approximate surface area is 244 Å². The number of carbonyl (C=O) groups excluding carboxylic acids is 3. The van der Waals surface area contributed by atoms with Crippen LogP contribution >= 0.6 is 11.6 Å². The number of anilines is 1. The lowest BCUT2D eigenvalue weighted by Gasteiger charge is -2.34. The molecule has 3 amide bonds. The topological polar surface area (TPSA) is 122 Å². The van der Waals surface area contributed by atoms with Gasteiger partial charge in [0.1, 0.15) is 17.9 Å². The summed E-state index contributed by atoms with van der Waals surface area (Å²) in [6.45, 7) is 8.08. The van der Waals surface area contributed by atoms with Crippen molar-refractivity contribution in [3.05, 3.63) is 52.9 Å². The van der Waals surface area contributed by atoms with Crippen LogP contribution in [0.1, 0.15) is 54.1 Å². The molecule has 2 aromatic heterocycles. The fourth-order valence-electron chi connectivity index (χ4n) is 5.36. The Morgan fingerprint density at radius 2 is 1.88 bits per heavy atom. The van der Waals surface area contributed by atoms with Crippen molar-refractivity contribution in [3.63, 3.8) is 0 Å². The molecule has 2 saturated heterocycles. The number of nitrogens with one attached hydrogen (secondary N) is 2. The highest BCUT2D eigenvalue weighted by Crippen LogP contribution is 2.23. The van der Waals surface area contributed by atoms with Gasteiger partial charge in [0.05, 0.1) is 22.7 Å². The van der Waals surface area contributed by atoms with Gasteiger partial charge in [0, 0.05) is 51.1 Å². The number of likely N-dealkylation sites (tertiary alicyclic amines) is 1. The summed E-state index contributed by atoms with van der Waals surface area (Å²) in [6.07, 6.45) is 3.85. The van der Waals surface area contributed by atoms with Gasteiger partial charge in [0.2, 0.25) is 11.7 Å². The molecule has 2 aliphatic heterocycles. The average molecular weight is 582 g/mol. The summed E-state index contributed by atoms with van der Waals surface area (Å²) in [5.41, 5.74) is 1.31. The van der Waals surface area contributed by atoms with Crippen LogP contribution in [0.15, 0.2) is 36.5 Å². The lowest BCUT2D eigenvalue weighted by atomic mass is 10.0. The number of fused-ring (bicyclic) bond motifs is 1. The number of rotatable bonds is 7. The first-order chi connectivity index (χ1) is 19.8. The number of aromatic nitrogens is 3. The monoisotopic (exact) mass is 581 g/mol. The van der Waals surface area contributed by atoms with E-state index in [0.29, 0.717) is 59.8 Å². The molecule has 1 aromatic carbocycles. The molecule has 11 nitrogen and oxygen atoms in total. The van der Waals surface area contributed by atoms with E-state index < -0.39 is 0 Å². The van der Waals surface area contributed by atoms with Crippen molar-refractivity contribution in [2.75, 3.05) is 44.7 Å². The van der Waals surface area contributed by atoms with Gasteiger partial charge in [-0.1, -0.05) is 17.7 Å². The van der Waals surface area contributed by atoms with E-state index in [9.17, 15) is 14.4 Å². The average Bonchev–Trinajstić information content (AvgIpc) is 3.12. The lowest BCUT2D eigenvalue weighted by Crippen LogP contribution is -2.47. The van der Waals surface area contributed by atoms with E-state index in [1.807, 2.05) is 0 Å². The Kier molecular flexibility index (Phi) is 9.16. The van der Waals surface area contributed by atoms with Crippen LogP contribution in [0.3, 0.4) is 0 Å². The summed E-state index contributed by atoms with van der Waals surface area (Å²) in [6, 6.07) is 8.93. The van der Waals surface area contributed by atoms with Crippen molar-refractivity contribution in [1.29, 1.82) is 0 Å². The third-order valence-corrected chi connectivity index (χ3v) is 7.84. The minimum Gasteiger partial charge on any atom is -0.380 e. The summed E-state index contributed by atoms with van der Waals surface area (Å²) in [5, 5.41) is 6.33. The largest absolute Gasteiger partial charge is 0.380 e. The molecule has 0 spiro atoms. The molecule has 2 aliphatic rings. The smallest absolute Gasteiger partial charge is 0.287 e. The van der Waals surface area contributed by atoms with Crippen LogP contribution in [0, 0.1) is 0 Å². The molecule has 0 radical (unpaired) electrons. The summed E-state index contributed by atoms with van der Waals surface area (Å²) < 4.78 is 7.09. The Balaban J connectivity index is 1.44. The van der Waals surface area contributed by atoms with Gasteiger partial charge in [-0.15, -0.1) is 0 Å². The second-order valence-electron chi connectivity index (χ2n) is 10.7. The van der Waals surface area contributed by atoms with Gasteiger partial charge in [-0.2, -0.15) is 0 Å². The number of imidazole rings is 1. The Hall–Kier alpha value is -3.54. The lowest BCUT2D eigenvalue weighted by molar-refractivity contribution is -0.116. The molecule has 0 unspecified atom stereocenters. The quantitative estimate of drug-likeness (QED) is 0.439. The van der Waals surface area contributed by atoms with Gasteiger partial charge in [0.15, 0.2) is 0 Å². The van der Waals surface area contributed by atoms with Crippen molar-refractivity contribution in [1.82, 2.24) is 29.7 Å². The number of nitrogens with zero attached hydrogens (tertiary/aromatic N) is 5. The maximum absolute atomic E-state index is 13.6. The molecular weight excluding hydrogens is 546 g/mol. The van der Waals surface area contributed by atoms with Crippen LogP contribution < -0.4 is 10.6 Å². The second kappa shape index (κ2) is 13.0. The molecule has 0 saturated carbocycles. The number of carbonyl (C=O) groups is 3.